The summed E-state index contributed by atoms with van der Waals surface area (Å²) in [6.07, 6.45) is 6.47. The summed E-state index contributed by atoms with van der Waals surface area (Å²) in [6.45, 7) is 77.7. The van der Waals surface area contributed by atoms with Gasteiger partial charge in [-0.1, -0.05) is 201 Å². The molecule has 1 heterocycles. The fourth-order valence-electron chi connectivity index (χ4n) is 11.9. The van der Waals surface area contributed by atoms with Crippen LogP contribution < -0.4 is 37.2 Å². The van der Waals surface area contributed by atoms with Crippen molar-refractivity contribution in [2.24, 2.45) is 7.05 Å². The molecular formula is C96H155N9. The fraction of sp³-hybridized carbons (Fsp3) is 0.531. The second-order valence-corrected chi connectivity index (χ2v) is 36.4. The van der Waals surface area contributed by atoms with Crippen LogP contribution in [0.5, 0.6) is 0 Å². The normalized spacial score (nSPS) is 13.5. The SMILES string of the molecule is CC.CC.CC(NC(C)(C)C)c1ccc(-c2cnn(C)c2)cc1.Cc1ccc(C(C)(C)NC(C)(C)C)cc1.Cc1ccc(C2(NC(C)(C)C)CC2)cc1.Cc1ccc(NC(C)(C)C)cc1.Cc1ccc([C@@H](C)NC(C)(C)C)cc1.Cc1ccc([C@H](C)NC(C)(C)C)cc1.Cc1cccc(NC(C)(C)C)c1. The van der Waals surface area contributed by atoms with E-state index in [-0.39, 0.29) is 49.9 Å². The first-order valence-corrected chi connectivity index (χ1v) is 39.2. The number of nitrogens with one attached hydrogen (secondary N) is 7. The number of aryl methyl sites for hydroxylation is 7. The van der Waals surface area contributed by atoms with Gasteiger partial charge in [0.05, 0.1) is 6.20 Å². The Kier molecular flexibility index (Phi) is 39.6. The highest BCUT2D eigenvalue weighted by atomic mass is 15.2. The highest BCUT2D eigenvalue weighted by Crippen LogP contribution is 2.47. The third-order valence-corrected chi connectivity index (χ3v) is 16.1. The topological polar surface area (TPSA) is 102 Å². The van der Waals surface area contributed by atoms with Gasteiger partial charge in [0.25, 0.3) is 0 Å². The van der Waals surface area contributed by atoms with E-state index in [1.165, 1.54) is 91.0 Å². The Morgan fingerprint density at radius 3 is 0.990 bits per heavy atom. The monoisotopic (exact) mass is 1430 g/mol. The van der Waals surface area contributed by atoms with Crippen molar-refractivity contribution in [1.29, 1.82) is 0 Å². The smallest absolute Gasteiger partial charge is 0.0568 e. The molecule has 1 aromatic heterocycles. The highest BCUT2D eigenvalue weighted by Gasteiger charge is 2.46. The second-order valence-electron chi connectivity index (χ2n) is 36.4. The van der Waals surface area contributed by atoms with Gasteiger partial charge in [0, 0.05) is 98.2 Å². The van der Waals surface area contributed by atoms with E-state index in [1.54, 1.807) is 0 Å². The van der Waals surface area contributed by atoms with Crippen LogP contribution in [0.15, 0.2) is 182 Å². The second kappa shape index (κ2) is 43.2. The molecule has 7 N–H and O–H groups in total. The van der Waals surface area contributed by atoms with Gasteiger partial charge in [0.1, 0.15) is 0 Å². The molecule has 0 amide bonds. The minimum absolute atomic E-state index is 0.0198. The van der Waals surface area contributed by atoms with E-state index in [4.69, 9.17) is 0 Å². The lowest BCUT2D eigenvalue weighted by molar-refractivity contribution is 0.286. The molecule has 9 heteroatoms. The summed E-state index contributed by atoms with van der Waals surface area (Å²) in [7, 11) is 1.94. The van der Waals surface area contributed by atoms with Crippen molar-refractivity contribution in [2.75, 3.05) is 10.6 Å². The molecule has 1 saturated carbocycles. The lowest BCUT2D eigenvalue weighted by Crippen LogP contribution is -2.48. The summed E-state index contributed by atoms with van der Waals surface area (Å²) in [6, 6.07) is 61.9. The molecule has 3 atom stereocenters. The molecule has 0 saturated heterocycles. The number of anilines is 2. The Balaban J connectivity index is 0.000000610. The number of aromatic nitrogens is 2. The first-order chi connectivity index (χ1) is 48.2. The number of hydrogen-bond donors (Lipinski definition) is 7. The molecule has 1 fully saturated rings. The first-order valence-electron chi connectivity index (χ1n) is 39.2. The van der Waals surface area contributed by atoms with Gasteiger partial charge in [0.15, 0.2) is 0 Å². The number of hydrogen-bond acceptors (Lipinski definition) is 8. The average Bonchev–Trinajstić information content (AvgIpc) is 1.62. The number of rotatable bonds is 13. The van der Waals surface area contributed by atoms with E-state index in [0.29, 0.717) is 18.1 Å². The van der Waals surface area contributed by atoms with E-state index in [1.807, 2.05) is 51.8 Å². The standard InChI is InChI=1S/C16H23N3.C14H21N.C14H23N.2C13H21N.2C11H17N.2C2H6/c1-12(18-16(2,3)4)13-6-8-14(9-7-13)15-10-17-19(5)11-15;1-11-5-7-12(8-6-11)14(9-10-14)15-13(2,3)4;1-11-7-9-12(10-8-11)14(5,6)15-13(2,3)4;2*1-10-6-8-12(9-7-10)11(2)14-13(3,4)5;1-9-5-7-10(8-6-9)12-11(2,3)4;1-9-6-5-7-10(8-9)12-11(2,3)4;2*1-2/h6-12,18H,1-5H3;5-8,15H,9-10H2,1-4H3;7-10,15H,1-6H3;2*6-9,11,14H,1-5H3;2*5-8,12H,1-4H3;2*1-2H3/t;;;2*11-;;;;/m...10..../s1. The quantitative estimate of drug-likeness (QED) is 0.0613. The van der Waals surface area contributed by atoms with E-state index < -0.39 is 0 Å². The minimum atomic E-state index is 0.0198. The van der Waals surface area contributed by atoms with Gasteiger partial charge in [-0.2, -0.15) is 5.10 Å². The molecule has 8 aromatic rings. The van der Waals surface area contributed by atoms with Crippen molar-refractivity contribution in [1.82, 2.24) is 36.4 Å². The summed E-state index contributed by atoms with van der Waals surface area (Å²) < 4.78 is 1.83. The summed E-state index contributed by atoms with van der Waals surface area (Å²) in [5.41, 5.74) is 20.8. The predicted molar refractivity (Wildman–Crippen MR) is 469 cm³/mol. The van der Waals surface area contributed by atoms with Crippen molar-refractivity contribution >= 4 is 11.4 Å². The van der Waals surface area contributed by atoms with Gasteiger partial charge in [-0.15, -0.1) is 0 Å². The maximum Gasteiger partial charge on any atom is 0.0568 e. The van der Waals surface area contributed by atoms with Crippen LogP contribution in [0.1, 0.15) is 300 Å². The summed E-state index contributed by atoms with van der Waals surface area (Å²) >= 11 is 0. The summed E-state index contributed by atoms with van der Waals surface area (Å²) in [5.74, 6) is 0. The molecule has 584 valence electrons. The van der Waals surface area contributed by atoms with Gasteiger partial charge >= 0.3 is 0 Å². The molecule has 0 radical (unpaired) electrons. The lowest BCUT2D eigenvalue weighted by atomic mass is 9.90. The summed E-state index contributed by atoms with van der Waals surface area (Å²) in [5, 5.41) is 29.1. The molecule has 0 spiro atoms. The average molecular weight is 1440 g/mol. The molecule has 0 aliphatic heterocycles. The Hall–Kier alpha value is -6.85. The molecule has 0 bridgehead atoms. The third kappa shape index (κ3) is 43.5. The largest absolute Gasteiger partial charge is 0.380 e. The Bertz CT molecular complexity index is 3470. The van der Waals surface area contributed by atoms with Crippen LogP contribution in [-0.2, 0) is 18.1 Å². The van der Waals surface area contributed by atoms with Crippen LogP contribution >= 0.6 is 0 Å². The van der Waals surface area contributed by atoms with Gasteiger partial charge in [-0.3, -0.25) is 4.68 Å². The van der Waals surface area contributed by atoms with Crippen LogP contribution in [-0.4, -0.2) is 48.6 Å². The molecule has 9 nitrogen and oxygen atoms in total. The Labute approximate surface area is 646 Å². The van der Waals surface area contributed by atoms with Gasteiger partial charge in [-0.25, -0.2) is 0 Å². The van der Waals surface area contributed by atoms with E-state index >= 15 is 0 Å². The maximum absolute atomic E-state index is 4.20. The van der Waals surface area contributed by atoms with Crippen molar-refractivity contribution < 1.29 is 0 Å². The Morgan fingerprint density at radius 1 is 0.352 bits per heavy atom. The van der Waals surface area contributed by atoms with Gasteiger partial charge in [-0.05, 0) is 298 Å². The van der Waals surface area contributed by atoms with Crippen molar-refractivity contribution in [3.63, 3.8) is 0 Å². The van der Waals surface area contributed by atoms with Crippen molar-refractivity contribution in [3.05, 3.63) is 243 Å². The van der Waals surface area contributed by atoms with Crippen molar-refractivity contribution in [3.8, 4) is 11.1 Å². The van der Waals surface area contributed by atoms with Gasteiger partial charge < -0.3 is 37.2 Å². The molecule has 1 aliphatic carbocycles. The molecule has 105 heavy (non-hydrogen) atoms. The van der Waals surface area contributed by atoms with E-state index in [9.17, 15) is 0 Å². The third-order valence-electron chi connectivity index (χ3n) is 16.1. The van der Waals surface area contributed by atoms with Crippen LogP contribution in [0, 0.1) is 41.5 Å². The van der Waals surface area contributed by atoms with Crippen LogP contribution in [0.25, 0.3) is 11.1 Å². The van der Waals surface area contributed by atoms with Crippen molar-refractivity contribution in [2.45, 2.75) is 330 Å². The van der Waals surface area contributed by atoms with Crippen LogP contribution in [0.2, 0.25) is 0 Å². The first kappa shape index (κ1) is 96.2. The van der Waals surface area contributed by atoms with E-state index in [2.05, 4.69) is 434 Å². The number of nitrogens with zero attached hydrogens (tertiary/aromatic N) is 2. The maximum atomic E-state index is 4.20. The number of benzene rings is 7. The molecule has 7 aromatic carbocycles. The molecule has 1 aliphatic rings. The lowest BCUT2D eigenvalue weighted by Gasteiger charge is -2.35. The molecule has 1 unspecified atom stereocenters. The zero-order valence-corrected chi connectivity index (χ0v) is 73.9. The molecule has 9 rings (SSSR count). The van der Waals surface area contributed by atoms with Gasteiger partial charge in [0.2, 0.25) is 0 Å². The highest BCUT2D eigenvalue weighted by molar-refractivity contribution is 5.62. The zero-order valence-electron chi connectivity index (χ0n) is 73.9. The van der Waals surface area contributed by atoms with Crippen LogP contribution in [0.4, 0.5) is 11.4 Å². The summed E-state index contributed by atoms with van der Waals surface area (Å²) in [4.78, 5) is 0. The Morgan fingerprint density at radius 2 is 0.686 bits per heavy atom. The fourth-order valence-corrected chi connectivity index (χ4v) is 11.9. The minimum Gasteiger partial charge on any atom is -0.380 e. The zero-order chi connectivity index (χ0) is 80.8. The van der Waals surface area contributed by atoms with Crippen LogP contribution in [0.3, 0.4) is 0 Å². The van der Waals surface area contributed by atoms with E-state index in [0.717, 1.165) is 5.56 Å². The predicted octanol–water partition coefficient (Wildman–Crippen LogP) is 25.9. The molecular weight excluding hydrogens is 1280 g/mol.